The summed E-state index contributed by atoms with van der Waals surface area (Å²) in [5.74, 6) is 0. The van der Waals surface area contributed by atoms with E-state index in [-0.39, 0.29) is 0 Å². The van der Waals surface area contributed by atoms with E-state index >= 15 is 0 Å². The maximum Gasteiger partial charge on any atom is 0.116 e. The molecule has 5 aromatic heterocycles. The lowest BCUT2D eigenvalue weighted by Crippen LogP contribution is -1.98. The number of nitrogens with zero attached hydrogens (tertiary/aromatic N) is 6. The Morgan fingerprint density at radius 2 is 0.739 bits per heavy atom. The zero-order chi connectivity index (χ0) is 45.4. The molecule has 6 nitrogen and oxygen atoms in total. The third-order valence-electron chi connectivity index (χ3n) is 13.8. The van der Waals surface area contributed by atoms with Crippen LogP contribution in [-0.4, -0.2) is 28.7 Å². The molecule has 0 fully saturated rings. The normalized spacial score (nSPS) is 11.8. The standard InChI is InChI=1S/C63H40N6/c1-4-15-41(16-5-1)55-37-49(38-56(66-55)42-17-6-2-7-18-42)69-58-26-13-11-24-51(58)53-35-46(28-31-60(53)69)44-20-14-19-43(33-44)45-27-30-59-52(34-45)50-23-10-12-25-57(50)68(59)48-29-32-61-54(36-48)63-62(39-64-40-65-63)67(61)47-21-8-3-9-22-47/h1-40H. The summed E-state index contributed by atoms with van der Waals surface area (Å²) >= 11 is 0. The van der Waals surface area contributed by atoms with Crippen LogP contribution < -0.4 is 0 Å². The first-order chi connectivity index (χ1) is 34.2. The Labute approximate surface area is 397 Å². The van der Waals surface area contributed by atoms with Crippen LogP contribution in [0.5, 0.6) is 0 Å². The highest BCUT2D eigenvalue weighted by Crippen LogP contribution is 2.40. The molecule has 0 spiro atoms. The molecule has 322 valence electrons. The highest BCUT2D eigenvalue weighted by molar-refractivity contribution is 6.13. The third kappa shape index (κ3) is 6.30. The fourth-order valence-corrected chi connectivity index (χ4v) is 10.6. The van der Waals surface area contributed by atoms with Gasteiger partial charge in [0.15, 0.2) is 0 Å². The lowest BCUT2D eigenvalue weighted by Gasteiger charge is -2.13. The van der Waals surface area contributed by atoms with Gasteiger partial charge in [-0.05, 0) is 107 Å². The fraction of sp³-hybridized carbons (Fsp3) is 0. The van der Waals surface area contributed by atoms with Gasteiger partial charge in [-0.15, -0.1) is 0 Å². The van der Waals surface area contributed by atoms with Crippen molar-refractivity contribution in [3.8, 4) is 61.8 Å². The Morgan fingerprint density at radius 1 is 0.275 bits per heavy atom. The highest BCUT2D eigenvalue weighted by Gasteiger charge is 2.20. The van der Waals surface area contributed by atoms with E-state index in [1.54, 1.807) is 6.33 Å². The molecule has 14 aromatic rings. The Morgan fingerprint density at radius 3 is 1.35 bits per heavy atom. The average Bonchev–Trinajstić information content (AvgIpc) is 4.06. The Balaban J connectivity index is 0.871. The topological polar surface area (TPSA) is 53.5 Å². The van der Waals surface area contributed by atoms with E-state index < -0.39 is 0 Å². The maximum atomic E-state index is 5.19. The Hall–Kier alpha value is -9.39. The number of pyridine rings is 1. The largest absolute Gasteiger partial charge is 0.309 e. The van der Waals surface area contributed by atoms with Gasteiger partial charge < -0.3 is 13.7 Å². The summed E-state index contributed by atoms with van der Waals surface area (Å²) in [6, 6.07) is 82.8. The number of para-hydroxylation sites is 3. The van der Waals surface area contributed by atoms with Crippen LogP contribution in [0.3, 0.4) is 0 Å². The van der Waals surface area contributed by atoms with Gasteiger partial charge in [-0.2, -0.15) is 0 Å². The van der Waals surface area contributed by atoms with Crippen LogP contribution >= 0.6 is 0 Å². The molecule has 14 rings (SSSR count). The SMILES string of the molecule is c1ccc(-c2cc(-n3c4ccccc4c4cc(-c5cccc(-c6ccc7c(c6)c6ccccc6n7-c6ccc7c(c6)c6ncncc6n7-c6ccccc6)c5)ccc43)cc(-c3ccccc3)n2)cc1. The molecule has 0 aliphatic heterocycles. The van der Waals surface area contributed by atoms with Crippen molar-refractivity contribution in [1.82, 2.24) is 28.7 Å². The molecule has 69 heavy (non-hydrogen) atoms. The summed E-state index contributed by atoms with van der Waals surface area (Å²) in [7, 11) is 0. The van der Waals surface area contributed by atoms with Crippen LogP contribution in [0, 0.1) is 0 Å². The molecular formula is C63H40N6. The van der Waals surface area contributed by atoms with Gasteiger partial charge in [0, 0.05) is 49.4 Å². The molecule has 0 atom stereocenters. The summed E-state index contributed by atoms with van der Waals surface area (Å²) in [6.07, 6.45) is 3.56. The first-order valence-corrected chi connectivity index (χ1v) is 23.3. The number of aromatic nitrogens is 6. The molecule has 0 bridgehead atoms. The van der Waals surface area contributed by atoms with Crippen LogP contribution in [-0.2, 0) is 0 Å². The number of benzene rings is 9. The van der Waals surface area contributed by atoms with Crippen molar-refractivity contribution in [2.24, 2.45) is 0 Å². The molecule has 0 aliphatic carbocycles. The maximum absolute atomic E-state index is 5.19. The average molecular weight is 881 g/mol. The Kier molecular flexibility index (Phi) is 8.79. The van der Waals surface area contributed by atoms with E-state index in [9.17, 15) is 0 Å². The minimum Gasteiger partial charge on any atom is -0.309 e. The van der Waals surface area contributed by atoms with Crippen LogP contribution in [0.2, 0.25) is 0 Å². The molecule has 0 N–H and O–H groups in total. The van der Waals surface area contributed by atoms with Crippen molar-refractivity contribution in [3.63, 3.8) is 0 Å². The van der Waals surface area contributed by atoms with Gasteiger partial charge in [-0.25, -0.2) is 15.0 Å². The van der Waals surface area contributed by atoms with E-state index in [1.165, 1.54) is 43.8 Å². The zero-order valence-corrected chi connectivity index (χ0v) is 37.3. The Bertz CT molecular complexity index is 4240. The van der Waals surface area contributed by atoms with Gasteiger partial charge in [0.1, 0.15) is 6.33 Å². The molecule has 0 saturated carbocycles. The number of fused-ring (bicyclic) bond motifs is 9. The molecule has 9 aromatic carbocycles. The molecule has 0 saturated heterocycles. The second-order valence-corrected chi connectivity index (χ2v) is 17.7. The van der Waals surface area contributed by atoms with Gasteiger partial charge >= 0.3 is 0 Å². The van der Waals surface area contributed by atoms with Crippen LogP contribution in [0.15, 0.2) is 243 Å². The van der Waals surface area contributed by atoms with Crippen molar-refractivity contribution in [3.05, 3.63) is 243 Å². The second-order valence-electron chi connectivity index (χ2n) is 17.7. The van der Waals surface area contributed by atoms with Crippen molar-refractivity contribution in [2.75, 3.05) is 0 Å². The van der Waals surface area contributed by atoms with Gasteiger partial charge in [0.2, 0.25) is 0 Å². The minimum absolute atomic E-state index is 0.933. The zero-order valence-electron chi connectivity index (χ0n) is 37.3. The summed E-state index contributed by atoms with van der Waals surface area (Å²) < 4.78 is 7.04. The summed E-state index contributed by atoms with van der Waals surface area (Å²) in [6.45, 7) is 0. The molecule has 0 amide bonds. The monoisotopic (exact) mass is 880 g/mol. The summed E-state index contributed by atoms with van der Waals surface area (Å²) in [4.78, 5) is 14.4. The lowest BCUT2D eigenvalue weighted by molar-refractivity contribution is 1.14. The minimum atomic E-state index is 0.933. The molecule has 0 radical (unpaired) electrons. The van der Waals surface area contributed by atoms with E-state index in [0.717, 1.165) is 83.6 Å². The second kappa shape index (κ2) is 15.6. The summed E-state index contributed by atoms with van der Waals surface area (Å²) in [5, 5.41) is 5.92. The third-order valence-corrected chi connectivity index (χ3v) is 13.8. The summed E-state index contributed by atoms with van der Waals surface area (Å²) in [5.41, 5.74) is 19.6. The lowest BCUT2D eigenvalue weighted by atomic mass is 9.97. The predicted octanol–water partition coefficient (Wildman–Crippen LogP) is 15.8. The number of hydrogen-bond acceptors (Lipinski definition) is 3. The smallest absolute Gasteiger partial charge is 0.116 e. The van der Waals surface area contributed by atoms with Crippen molar-refractivity contribution >= 4 is 65.5 Å². The van der Waals surface area contributed by atoms with Crippen LogP contribution in [0.25, 0.3) is 127 Å². The quantitative estimate of drug-likeness (QED) is 0.160. The molecule has 6 heteroatoms. The van der Waals surface area contributed by atoms with Crippen LogP contribution in [0.1, 0.15) is 0 Å². The van der Waals surface area contributed by atoms with E-state index in [1.807, 2.05) is 12.3 Å². The van der Waals surface area contributed by atoms with Crippen molar-refractivity contribution in [1.29, 1.82) is 0 Å². The van der Waals surface area contributed by atoms with Gasteiger partial charge in [0.05, 0.1) is 61.9 Å². The van der Waals surface area contributed by atoms with Crippen molar-refractivity contribution in [2.45, 2.75) is 0 Å². The first-order valence-electron chi connectivity index (χ1n) is 23.3. The predicted molar refractivity (Wildman–Crippen MR) is 285 cm³/mol. The molecule has 0 aliphatic rings. The number of rotatable bonds is 7. The fourth-order valence-electron chi connectivity index (χ4n) is 10.6. The highest BCUT2D eigenvalue weighted by atomic mass is 15.0. The van der Waals surface area contributed by atoms with Gasteiger partial charge in [-0.1, -0.05) is 146 Å². The number of hydrogen-bond donors (Lipinski definition) is 0. The van der Waals surface area contributed by atoms with Crippen LogP contribution in [0.4, 0.5) is 0 Å². The first kappa shape index (κ1) is 38.8. The molecule has 0 unspecified atom stereocenters. The van der Waals surface area contributed by atoms with Crippen molar-refractivity contribution < 1.29 is 0 Å². The van der Waals surface area contributed by atoms with Gasteiger partial charge in [0.25, 0.3) is 0 Å². The van der Waals surface area contributed by atoms with E-state index in [0.29, 0.717) is 0 Å². The van der Waals surface area contributed by atoms with Gasteiger partial charge in [-0.3, -0.25) is 0 Å². The van der Waals surface area contributed by atoms with E-state index in [2.05, 4.69) is 243 Å². The molecule has 5 heterocycles. The van der Waals surface area contributed by atoms with E-state index in [4.69, 9.17) is 9.97 Å². The molecular weight excluding hydrogens is 841 g/mol.